The number of amides is 1. The van der Waals surface area contributed by atoms with Crippen molar-refractivity contribution >= 4 is 35.2 Å². The Morgan fingerprint density at radius 2 is 1.96 bits per heavy atom. The van der Waals surface area contributed by atoms with Crippen LogP contribution in [0.2, 0.25) is 5.15 Å². The lowest BCUT2D eigenvalue weighted by atomic mass is 10.2. The molecule has 1 fully saturated rings. The molecule has 0 radical (unpaired) electrons. The van der Waals surface area contributed by atoms with Crippen LogP contribution in [0.5, 0.6) is 0 Å². The lowest BCUT2D eigenvalue weighted by Gasteiger charge is -2.23. The van der Waals surface area contributed by atoms with Crippen LogP contribution < -0.4 is 0 Å². The Bertz CT molecular complexity index is 823. The van der Waals surface area contributed by atoms with Crippen LogP contribution in [0.3, 0.4) is 0 Å². The second kappa shape index (κ2) is 8.36. The van der Waals surface area contributed by atoms with E-state index < -0.39 is 12.1 Å². The van der Waals surface area contributed by atoms with Gasteiger partial charge in [-0.15, -0.1) is 0 Å². The second-order valence-corrected chi connectivity index (χ2v) is 6.73. The summed E-state index contributed by atoms with van der Waals surface area (Å²) in [6.45, 7) is 3.07. The van der Waals surface area contributed by atoms with Gasteiger partial charge in [0.15, 0.2) is 11.3 Å². The number of ether oxygens (including phenoxy) is 1. The molecule has 1 amide bonds. The largest absolute Gasteiger partial charge is 0.449 e. The van der Waals surface area contributed by atoms with Crippen molar-refractivity contribution < 1.29 is 14.3 Å². The molecule has 1 atom stereocenters. The van der Waals surface area contributed by atoms with Crippen LogP contribution in [0.25, 0.3) is 11.7 Å². The van der Waals surface area contributed by atoms with Gasteiger partial charge >= 0.3 is 5.97 Å². The summed E-state index contributed by atoms with van der Waals surface area (Å²) in [6.07, 6.45) is 8.11. The molecule has 7 heteroatoms. The third-order valence-corrected chi connectivity index (χ3v) is 4.74. The molecule has 138 valence electrons. The Balaban J connectivity index is 1.63. The van der Waals surface area contributed by atoms with Gasteiger partial charge in [-0.1, -0.05) is 30.5 Å². The Kier molecular flexibility index (Phi) is 5.93. The van der Waals surface area contributed by atoms with Crippen LogP contribution in [0.4, 0.5) is 0 Å². The van der Waals surface area contributed by atoms with Gasteiger partial charge in [-0.05, 0) is 38.0 Å². The van der Waals surface area contributed by atoms with Crippen molar-refractivity contribution in [1.82, 2.24) is 14.3 Å². The molecule has 1 aliphatic rings. The summed E-state index contributed by atoms with van der Waals surface area (Å²) >= 11 is 6.13. The van der Waals surface area contributed by atoms with E-state index in [9.17, 15) is 9.59 Å². The number of likely N-dealkylation sites (tertiary alicyclic amines) is 1. The van der Waals surface area contributed by atoms with Gasteiger partial charge in [0.1, 0.15) is 5.65 Å². The topological polar surface area (TPSA) is 63.9 Å². The third kappa shape index (κ3) is 4.25. The molecule has 3 rings (SSSR count). The van der Waals surface area contributed by atoms with Gasteiger partial charge in [0, 0.05) is 25.4 Å². The number of fused-ring (bicyclic) bond motifs is 1. The number of pyridine rings is 1. The van der Waals surface area contributed by atoms with Gasteiger partial charge in [-0.2, -0.15) is 0 Å². The van der Waals surface area contributed by atoms with E-state index >= 15 is 0 Å². The molecule has 0 aliphatic carbocycles. The van der Waals surface area contributed by atoms with E-state index in [0.717, 1.165) is 38.8 Å². The summed E-state index contributed by atoms with van der Waals surface area (Å²) in [5.41, 5.74) is 1.28. The molecule has 0 bridgehead atoms. The highest BCUT2D eigenvalue weighted by Gasteiger charge is 2.23. The van der Waals surface area contributed by atoms with E-state index in [-0.39, 0.29) is 5.91 Å². The fourth-order valence-electron chi connectivity index (χ4n) is 3.09. The zero-order valence-electron chi connectivity index (χ0n) is 14.7. The van der Waals surface area contributed by atoms with Crippen LogP contribution in [0, 0.1) is 0 Å². The molecule has 0 unspecified atom stereocenters. The van der Waals surface area contributed by atoms with Crippen molar-refractivity contribution in [2.75, 3.05) is 13.1 Å². The second-order valence-electron chi connectivity index (χ2n) is 6.37. The van der Waals surface area contributed by atoms with Crippen LogP contribution >= 0.6 is 11.6 Å². The predicted octanol–water partition coefficient (Wildman–Crippen LogP) is 3.34. The highest BCUT2D eigenvalue weighted by atomic mass is 35.5. The van der Waals surface area contributed by atoms with Crippen molar-refractivity contribution in [3.05, 3.63) is 41.3 Å². The molecule has 0 spiro atoms. The van der Waals surface area contributed by atoms with Gasteiger partial charge in [-0.3, -0.25) is 9.20 Å². The smallest absolute Gasteiger partial charge is 0.331 e. The average Bonchev–Trinajstić information content (AvgIpc) is 2.79. The summed E-state index contributed by atoms with van der Waals surface area (Å²) in [5.74, 6) is -0.718. The van der Waals surface area contributed by atoms with Gasteiger partial charge in [0.25, 0.3) is 5.91 Å². The van der Waals surface area contributed by atoms with E-state index in [1.54, 1.807) is 22.3 Å². The first kappa shape index (κ1) is 18.5. The molecule has 2 aromatic heterocycles. The van der Waals surface area contributed by atoms with Crippen LogP contribution in [-0.4, -0.2) is 45.4 Å². The quantitative estimate of drug-likeness (QED) is 0.607. The number of carbonyl (C=O) groups is 2. The molecule has 6 nitrogen and oxygen atoms in total. The first-order valence-electron chi connectivity index (χ1n) is 8.86. The first-order chi connectivity index (χ1) is 12.6. The number of hydrogen-bond donors (Lipinski definition) is 0. The predicted molar refractivity (Wildman–Crippen MR) is 99.8 cm³/mol. The third-order valence-electron chi connectivity index (χ3n) is 4.46. The van der Waals surface area contributed by atoms with E-state index in [0.29, 0.717) is 16.5 Å². The summed E-state index contributed by atoms with van der Waals surface area (Å²) in [6, 6.07) is 5.53. The molecular formula is C19H22ClN3O3. The Hall–Kier alpha value is -2.34. The van der Waals surface area contributed by atoms with Crippen LogP contribution in [0.1, 0.15) is 38.3 Å². The summed E-state index contributed by atoms with van der Waals surface area (Å²) in [4.78, 5) is 30.5. The Morgan fingerprint density at radius 3 is 2.69 bits per heavy atom. The maximum absolute atomic E-state index is 12.4. The van der Waals surface area contributed by atoms with Gasteiger partial charge in [-0.25, -0.2) is 9.78 Å². The summed E-state index contributed by atoms with van der Waals surface area (Å²) in [5, 5.41) is 0.300. The zero-order chi connectivity index (χ0) is 18.5. The minimum atomic E-state index is -0.803. The van der Waals surface area contributed by atoms with E-state index in [1.165, 1.54) is 6.08 Å². The molecule has 0 aromatic carbocycles. The van der Waals surface area contributed by atoms with Crippen molar-refractivity contribution in [2.45, 2.75) is 38.7 Å². The van der Waals surface area contributed by atoms with Crippen LogP contribution in [0.15, 0.2) is 30.5 Å². The Labute approximate surface area is 157 Å². The minimum absolute atomic E-state index is 0.138. The van der Waals surface area contributed by atoms with Crippen molar-refractivity contribution in [1.29, 1.82) is 0 Å². The maximum Gasteiger partial charge on any atom is 0.331 e. The fourth-order valence-corrected chi connectivity index (χ4v) is 3.33. The van der Waals surface area contributed by atoms with Crippen LogP contribution in [-0.2, 0) is 14.3 Å². The molecule has 1 aliphatic heterocycles. The number of aromatic nitrogens is 2. The average molecular weight is 376 g/mol. The number of rotatable bonds is 4. The monoisotopic (exact) mass is 375 g/mol. The number of carbonyl (C=O) groups excluding carboxylic acids is 2. The summed E-state index contributed by atoms with van der Waals surface area (Å²) in [7, 11) is 0. The summed E-state index contributed by atoms with van der Waals surface area (Å²) < 4.78 is 7.04. The highest BCUT2D eigenvalue weighted by molar-refractivity contribution is 6.31. The van der Waals surface area contributed by atoms with E-state index in [4.69, 9.17) is 16.3 Å². The zero-order valence-corrected chi connectivity index (χ0v) is 15.5. The van der Waals surface area contributed by atoms with E-state index in [1.807, 2.05) is 24.4 Å². The first-order valence-corrected chi connectivity index (χ1v) is 9.24. The number of halogens is 1. The molecule has 2 aromatic rings. The number of nitrogens with zero attached hydrogens (tertiary/aromatic N) is 3. The van der Waals surface area contributed by atoms with Crippen molar-refractivity contribution in [3.8, 4) is 0 Å². The molecule has 0 saturated carbocycles. The van der Waals surface area contributed by atoms with Crippen molar-refractivity contribution in [3.63, 3.8) is 0 Å². The SMILES string of the molecule is C[C@@H](OC(=O)/C=C/c1c(Cl)nc2ccccn12)C(=O)N1CCCCCC1. The normalized spacial score (nSPS) is 16.6. The lowest BCUT2D eigenvalue weighted by Crippen LogP contribution is -2.40. The van der Waals surface area contributed by atoms with Gasteiger partial charge in [0.2, 0.25) is 0 Å². The molecule has 26 heavy (non-hydrogen) atoms. The van der Waals surface area contributed by atoms with Gasteiger partial charge in [0.05, 0.1) is 5.69 Å². The van der Waals surface area contributed by atoms with E-state index in [2.05, 4.69) is 4.98 Å². The van der Waals surface area contributed by atoms with Crippen molar-refractivity contribution in [2.24, 2.45) is 0 Å². The molecule has 0 N–H and O–H groups in total. The number of hydrogen-bond acceptors (Lipinski definition) is 4. The minimum Gasteiger partial charge on any atom is -0.449 e. The molecule has 3 heterocycles. The highest BCUT2D eigenvalue weighted by Crippen LogP contribution is 2.19. The number of imidazole rings is 1. The Morgan fingerprint density at radius 1 is 1.23 bits per heavy atom. The fraction of sp³-hybridized carbons (Fsp3) is 0.421. The molecule has 1 saturated heterocycles. The lowest BCUT2D eigenvalue weighted by molar-refractivity contribution is -0.155. The van der Waals surface area contributed by atoms with Gasteiger partial charge < -0.3 is 9.64 Å². The standard InChI is InChI=1S/C19H22ClN3O3/c1-14(19(25)22-11-5-2-3-6-12-22)26-17(24)10-9-15-18(20)21-16-8-4-7-13-23(15)16/h4,7-10,13-14H,2-3,5-6,11-12H2,1H3/b10-9+/t14-/m1/s1. The maximum atomic E-state index is 12.4. The number of esters is 1. The molecular weight excluding hydrogens is 354 g/mol.